The first-order chi connectivity index (χ1) is 6.65. The van der Waals surface area contributed by atoms with E-state index in [4.69, 9.17) is 11.6 Å². The van der Waals surface area contributed by atoms with Gasteiger partial charge in [-0.1, -0.05) is 37.4 Å². The van der Waals surface area contributed by atoms with E-state index in [9.17, 15) is 5.11 Å². The molecule has 0 aliphatic rings. The molecule has 0 fully saturated rings. The third-order valence-corrected chi connectivity index (χ3v) is 3.24. The molecule has 0 heterocycles. The smallest absolute Gasteiger partial charge is 0.0790 e. The summed E-state index contributed by atoms with van der Waals surface area (Å²) in [5, 5.41) is 11.5. The largest absolute Gasteiger partial charge is 0.388 e. The molecule has 1 nitrogen and oxygen atoms in total. The Hall–Kier alpha value is -0.100. The lowest BCUT2D eigenvalue weighted by Crippen LogP contribution is -2.02. The van der Waals surface area contributed by atoms with Gasteiger partial charge in [-0.15, -0.1) is 9.24 Å². The predicted octanol–water partition coefficient (Wildman–Crippen LogP) is 3.06. The van der Waals surface area contributed by atoms with E-state index < -0.39 is 0 Å². The van der Waals surface area contributed by atoms with Crippen molar-refractivity contribution in [1.82, 2.24) is 0 Å². The van der Waals surface area contributed by atoms with Crippen molar-refractivity contribution in [3.8, 4) is 0 Å². The summed E-state index contributed by atoms with van der Waals surface area (Å²) in [5.74, 6) is 0. The van der Waals surface area contributed by atoms with Crippen molar-refractivity contribution in [3.05, 3.63) is 28.8 Å². The Morgan fingerprint density at radius 1 is 1.50 bits per heavy atom. The number of benzene rings is 1. The minimum atomic E-state index is -0.355. The lowest BCUT2D eigenvalue weighted by atomic mass is 10.0. The first kappa shape index (κ1) is 12.0. The molecule has 0 amide bonds. The van der Waals surface area contributed by atoms with E-state index in [1.165, 1.54) is 0 Å². The number of halogens is 1. The Bertz CT molecular complexity index is 301. The second-order valence-electron chi connectivity index (χ2n) is 3.44. The molecule has 0 saturated heterocycles. The molecule has 3 heteroatoms. The average Bonchev–Trinajstić information content (AvgIpc) is 2.18. The van der Waals surface area contributed by atoms with E-state index in [1.807, 2.05) is 18.2 Å². The maximum absolute atomic E-state index is 9.81. The van der Waals surface area contributed by atoms with Gasteiger partial charge >= 0.3 is 0 Å². The minimum absolute atomic E-state index is 0.355. The van der Waals surface area contributed by atoms with Crippen molar-refractivity contribution in [2.45, 2.75) is 32.3 Å². The molecule has 14 heavy (non-hydrogen) atoms. The lowest BCUT2D eigenvalue weighted by Gasteiger charge is -2.11. The minimum Gasteiger partial charge on any atom is -0.388 e. The standard InChI is InChI=1S/C11H16ClOP/c1-2-3-4-10(13)8-5-6-9(12)11(14)7-8/h5-7,10,13H,2-4,14H2,1H3. The molecule has 2 unspecified atom stereocenters. The van der Waals surface area contributed by atoms with Crippen molar-refractivity contribution in [2.75, 3.05) is 0 Å². The Morgan fingerprint density at radius 2 is 2.21 bits per heavy atom. The Labute approximate surface area is 92.7 Å². The van der Waals surface area contributed by atoms with E-state index in [1.54, 1.807) is 0 Å². The fourth-order valence-electron chi connectivity index (χ4n) is 1.33. The van der Waals surface area contributed by atoms with Gasteiger partial charge in [0.05, 0.1) is 6.10 Å². The third kappa shape index (κ3) is 3.24. The highest BCUT2D eigenvalue weighted by Crippen LogP contribution is 2.20. The molecule has 1 N–H and O–H groups in total. The molecule has 0 radical (unpaired) electrons. The van der Waals surface area contributed by atoms with Crippen LogP contribution in [0.25, 0.3) is 0 Å². The van der Waals surface area contributed by atoms with Crippen LogP contribution in [0.1, 0.15) is 37.9 Å². The summed E-state index contributed by atoms with van der Waals surface area (Å²) in [5.41, 5.74) is 0.952. The predicted molar refractivity (Wildman–Crippen MR) is 65.3 cm³/mol. The lowest BCUT2D eigenvalue weighted by molar-refractivity contribution is 0.164. The second kappa shape index (κ2) is 5.70. The molecule has 0 aliphatic heterocycles. The maximum atomic E-state index is 9.81. The van der Waals surface area contributed by atoms with Gasteiger partial charge in [-0.05, 0) is 29.4 Å². The SMILES string of the molecule is CCCCC(O)c1ccc(Cl)c(P)c1. The van der Waals surface area contributed by atoms with Crippen LogP contribution >= 0.6 is 20.8 Å². The molecule has 1 aromatic carbocycles. The molecular weight excluding hydrogens is 215 g/mol. The van der Waals surface area contributed by atoms with Gasteiger partial charge in [0.25, 0.3) is 0 Å². The summed E-state index contributed by atoms with van der Waals surface area (Å²) in [4.78, 5) is 0. The zero-order valence-electron chi connectivity index (χ0n) is 8.33. The van der Waals surface area contributed by atoms with Gasteiger partial charge in [-0.25, -0.2) is 0 Å². The fourth-order valence-corrected chi connectivity index (χ4v) is 1.74. The van der Waals surface area contributed by atoms with Crippen molar-refractivity contribution in [2.24, 2.45) is 0 Å². The molecule has 0 saturated carbocycles. The number of aliphatic hydroxyl groups is 1. The molecule has 1 rings (SSSR count). The van der Waals surface area contributed by atoms with Crippen LogP contribution < -0.4 is 5.30 Å². The van der Waals surface area contributed by atoms with Crippen LogP contribution in [0.2, 0.25) is 5.02 Å². The number of rotatable bonds is 4. The van der Waals surface area contributed by atoms with Crippen LogP contribution in [0.15, 0.2) is 18.2 Å². The Morgan fingerprint density at radius 3 is 2.79 bits per heavy atom. The van der Waals surface area contributed by atoms with Crippen LogP contribution in [0.4, 0.5) is 0 Å². The van der Waals surface area contributed by atoms with Gasteiger partial charge in [0.1, 0.15) is 0 Å². The highest BCUT2D eigenvalue weighted by molar-refractivity contribution is 7.28. The molecule has 0 aromatic heterocycles. The van der Waals surface area contributed by atoms with Crippen LogP contribution in [0.3, 0.4) is 0 Å². The average molecular weight is 231 g/mol. The van der Waals surface area contributed by atoms with E-state index >= 15 is 0 Å². The first-order valence-electron chi connectivity index (χ1n) is 4.88. The summed E-state index contributed by atoms with van der Waals surface area (Å²) in [6.07, 6.45) is 2.63. The van der Waals surface area contributed by atoms with Gasteiger partial charge in [0, 0.05) is 5.02 Å². The van der Waals surface area contributed by atoms with Gasteiger partial charge in [0.2, 0.25) is 0 Å². The molecule has 0 bridgehead atoms. The van der Waals surface area contributed by atoms with E-state index in [0.29, 0.717) is 0 Å². The third-order valence-electron chi connectivity index (χ3n) is 2.24. The summed E-state index contributed by atoms with van der Waals surface area (Å²) in [6.45, 7) is 2.12. The van der Waals surface area contributed by atoms with Gasteiger partial charge < -0.3 is 5.11 Å². The van der Waals surface area contributed by atoms with Crippen LogP contribution in [0, 0.1) is 0 Å². The molecule has 78 valence electrons. The van der Waals surface area contributed by atoms with Crippen molar-refractivity contribution >= 4 is 26.1 Å². The topological polar surface area (TPSA) is 20.2 Å². The van der Waals surface area contributed by atoms with Crippen molar-refractivity contribution in [3.63, 3.8) is 0 Å². The van der Waals surface area contributed by atoms with Gasteiger partial charge in [-0.2, -0.15) is 0 Å². The van der Waals surface area contributed by atoms with Crippen LogP contribution in [-0.2, 0) is 0 Å². The monoisotopic (exact) mass is 230 g/mol. The highest BCUT2D eigenvalue weighted by atomic mass is 35.5. The second-order valence-corrected chi connectivity index (χ2v) is 4.47. The fraction of sp³-hybridized carbons (Fsp3) is 0.455. The number of hydrogen-bond donors (Lipinski definition) is 1. The summed E-state index contributed by atoms with van der Waals surface area (Å²) >= 11 is 5.89. The quantitative estimate of drug-likeness (QED) is 0.789. The molecule has 2 atom stereocenters. The van der Waals surface area contributed by atoms with E-state index in [2.05, 4.69) is 16.2 Å². The first-order valence-corrected chi connectivity index (χ1v) is 5.83. The normalized spacial score (nSPS) is 12.9. The van der Waals surface area contributed by atoms with Crippen LogP contribution in [-0.4, -0.2) is 5.11 Å². The highest BCUT2D eigenvalue weighted by Gasteiger charge is 2.07. The van der Waals surface area contributed by atoms with Gasteiger partial charge in [0.15, 0.2) is 0 Å². The molecule has 1 aromatic rings. The van der Waals surface area contributed by atoms with E-state index in [0.717, 1.165) is 35.2 Å². The molecule has 0 spiro atoms. The van der Waals surface area contributed by atoms with Crippen molar-refractivity contribution in [1.29, 1.82) is 0 Å². The van der Waals surface area contributed by atoms with E-state index in [-0.39, 0.29) is 6.10 Å². The van der Waals surface area contributed by atoms with Crippen molar-refractivity contribution < 1.29 is 5.11 Å². The van der Waals surface area contributed by atoms with Gasteiger partial charge in [-0.3, -0.25) is 0 Å². The summed E-state index contributed by atoms with van der Waals surface area (Å²) in [7, 11) is 2.57. The summed E-state index contributed by atoms with van der Waals surface area (Å²) < 4.78 is 0. The Balaban J connectivity index is 2.70. The zero-order valence-corrected chi connectivity index (χ0v) is 10.2. The number of hydrogen-bond acceptors (Lipinski definition) is 1. The number of aliphatic hydroxyl groups excluding tert-OH is 1. The Kier molecular flexibility index (Phi) is 4.88. The zero-order chi connectivity index (χ0) is 10.6. The summed E-state index contributed by atoms with van der Waals surface area (Å²) in [6, 6.07) is 5.64. The van der Waals surface area contributed by atoms with Crippen LogP contribution in [0.5, 0.6) is 0 Å². The number of unbranched alkanes of at least 4 members (excludes halogenated alkanes) is 1. The molecular formula is C11H16ClOP. The molecule has 0 aliphatic carbocycles. The maximum Gasteiger partial charge on any atom is 0.0790 e.